The van der Waals surface area contributed by atoms with Crippen LogP contribution in [0.15, 0.2) is 59.2 Å². The standard InChI is InChI=1S/C24H25N3O4/c1-3-25-24(29)21-14-31-22(26-21)15-30-19-10-9-17-11-12-27(16(2)28)23(20(17)13-19)18-7-5-4-6-8-18/h4-10,13-14,23H,3,11-12,15H2,1-2H3,(H,25,29). The largest absolute Gasteiger partial charge is 0.484 e. The Balaban J connectivity index is 1.56. The molecule has 0 spiro atoms. The highest BCUT2D eigenvalue weighted by Crippen LogP contribution is 2.37. The normalized spacial score (nSPS) is 15.3. The van der Waals surface area contributed by atoms with Gasteiger partial charge in [0.25, 0.3) is 5.91 Å². The molecule has 1 aliphatic heterocycles. The van der Waals surface area contributed by atoms with Crippen molar-refractivity contribution in [1.82, 2.24) is 15.2 Å². The molecule has 7 nitrogen and oxygen atoms in total. The van der Waals surface area contributed by atoms with Crippen LogP contribution in [-0.2, 0) is 17.8 Å². The fraction of sp³-hybridized carbons (Fsp3) is 0.292. The molecule has 0 bridgehead atoms. The number of rotatable bonds is 6. The molecule has 1 unspecified atom stereocenters. The highest BCUT2D eigenvalue weighted by atomic mass is 16.5. The summed E-state index contributed by atoms with van der Waals surface area (Å²) in [6.45, 7) is 4.75. The second-order valence-electron chi connectivity index (χ2n) is 7.41. The zero-order chi connectivity index (χ0) is 21.8. The molecule has 3 aromatic rings. The number of ether oxygens (including phenoxy) is 1. The Hall–Kier alpha value is -3.61. The van der Waals surface area contributed by atoms with Gasteiger partial charge in [-0.3, -0.25) is 9.59 Å². The average molecular weight is 419 g/mol. The molecule has 31 heavy (non-hydrogen) atoms. The molecule has 0 saturated heterocycles. The van der Waals surface area contributed by atoms with E-state index in [2.05, 4.69) is 10.3 Å². The van der Waals surface area contributed by atoms with Crippen LogP contribution in [0.25, 0.3) is 0 Å². The molecule has 1 aromatic heterocycles. The summed E-state index contributed by atoms with van der Waals surface area (Å²) >= 11 is 0. The smallest absolute Gasteiger partial charge is 0.273 e. The first-order valence-corrected chi connectivity index (χ1v) is 10.4. The SMILES string of the molecule is CCNC(=O)c1coc(COc2ccc3c(c2)C(c2ccccc2)N(C(C)=O)CC3)n1. The summed E-state index contributed by atoms with van der Waals surface area (Å²) < 4.78 is 11.3. The van der Waals surface area contributed by atoms with Crippen LogP contribution in [0.3, 0.4) is 0 Å². The first-order valence-electron chi connectivity index (χ1n) is 10.4. The number of amides is 2. The van der Waals surface area contributed by atoms with Gasteiger partial charge in [0.1, 0.15) is 12.0 Å². The summed E-state index contributed by atoms with van der Waals surface area (Å²) in [7, 11) is 0. The van der Waals surface area contributed by atoms with Gasteiger partial charge in [0, 0.05) is 20.0 Å². The zero-order valence-corrected chi connectivity index (χ0v) is 17.6. The molecular formula is C24H25N3O4. The maximum Gasteiger partial charge on any atom is 0.273 e. The minimum Gasteiger partial charge on any atom is -0.484 e. The van der Waals surface area contributed by atoms with E-state index in [1.807, 2.05) is 60.4 Å². The second-order valence-corrected chi connectivity index (χ2v) is 7.41. The van der Waals surface area contributed by atoms with Gasteiger partial charge in [-0.1, -0.05) is 36.4 Å². The summed E-state index contributed by atoms with van der Waals surface area (Å²) in [6.07, 6.45) is 2.13. The van der Waals surface area contributed by atoms with Crippen molar-refractivity contribution in [3.63, 3.8) is 0 Å². The third kappa shape index (κ3) is 4.45. The van der Waals surface area contributed by atoms with Crippen molar-refractivity contribution in [3.05, 3.63) is 83.1 Å². The number of carbonyl (C=O) groups excluding carboxylic acids is 2. The predicted molar refractivity (Wildman–Crippen MR) is 115 cm³/mol. The number of carbonyl (C=O) groups is 2. The van der Waals surface area contributed by atoms with Crippen LogP contribution < -0.4 is 10.1 Å². The molecule has 0 fully saturated rings. The third-order valence-electron chi connectivity index (χ3n) is 5.35. The molecule has 0 saturated carbocycles. The fourth-order valence-corrected chi connectivity index (χ4v) is 3.89. The summed E-state index contributed by atoms with van der Waals surface area (Å²) in [4.78, 5) is 30.2. The van der Waals surface area contributed by atoms with Gasteiger partial charge < -0.3 is 19.4 Å². The number of nitrogens with zero attached hydrogens (tertiary/aromatic N) is 2. The van der Waals surface area contributed by atoms with Gasteiger partial charge in [0.05, 0.1) is 6.04 Å². The molecule has 1 atom stereocenters. The number of aromatic nitrogens is 1. The molecule has 0 radical (unpaired) electrons. The van der Waals surface area contributed by atoms with E-state index >= 15 is 0 Å². The van der Waals surface area contributed by atoms with Crippen LogP contribution in [0.5, 0.6) is 5.75 Å². The predicted octanol–water partition coefficient (Wildman–Crippen LogP) is 3.50. The molecular weight excluding hydrogens is 394 g/mol. The Kier molecular flexibility index (Phi) is 6.02. The van der Waals surface area contributed by atoms with E-state index in [0.29, 0.717) is 24.7 Å². The Morgan fingerprint density at radius 2 is 2.03 bits per heavy atom. The molecule has 160 valence electrons. The van der Waals surface area contributed by atoms with Gasteiger partial charge in [-0.25, -0.2) is 4.98 Å². The van der Waals surface area contributed by atoms with Gasteiger partial charge >= 0.3 is 0 Å². The Morgan fingerprint density at radius 3 is 2.77 bits per heavy atom. The maximum absolute atomic E-state index is 12.3. The van der Waals surface area contributed by atoms with Crippen molar-refractivity contribution in [3.8, 4) is 5.75 Å². The zero-order valence-electron chi connectivity index (χ0n) is 17.6. The lowest BCUT2D eigenvalue weighted by molar-refractivity contribution is -0.130. The van der Waals surface area contributed by atoms with Crippen LogP contribution in [0.2, 0.25) is 0 Å². The van der Waals surface area contributed by atoms with Crippen molar-refractivity contribution in [2.75, 3.05) is 13.1 Å². The molecule has 2 amide bonds. The second kappa shape index (κ2) is 9.04. The van der Waals surface area contributed by atoms with E-state index in [0.717, 1.165) is 17.5 Å². The van der Waals surface area contributed by atoms with Crippen molar-refractivity contribution in [1.29, 1.82) is 0 Å². The summed E-state index contributed by atoms with van der Waals surface area (Å²) in [5, 5.41) is 2.68. The lowest BCUT2D eigenvalue weighted by Crippen LogP contribution is -2.39. The molecule has 7 heteroatoms. The van der Waals surface area contributed by atoms with Crippen molar-refractivity contribution in [2.45, 2.75) is 32.9 Å². The molecule has 4 rings (SSSR count). The van der Waals surface area contributed by atoms with E-state index in [-0.39, 0.29) is 30.2 Å². The topological polar surface area (TPSA) is 84.7 Å². The third-order valence-corrected chi connectivity index (χ3v) is 5.35. The fourth-order valence-electron chi connectivity index (χ4n) is 3.89. The van der Waals surface area contributed by atoms with Gasteiger partial charge in [-0.2, -0.15) is 0 Å². The number of benzene rings is 2. The van der Waals surface area contributed by atoms with E-state index < -0.39 is 0 Å². The van der Waals surface area contributed by atoms with Crippen LogP contribution in [0, 0.1) is 0 Å². The Labute approximate surface area is 181 Å². The Bertz CT molecular complexity index is 1080. The van der Waals surface area contributed by atoms with Crippen LogP contribution in [0.4, 0.5) is 0 Å². The van der Waals surface area contributed by atoms with Gasteiger partial charge in [-0.15, -0.1) is 0 Å². The molecule has 0 aliphatic carbocycles. The monoisotopic (exact) mass is 419 g/mol. The number of hydrogen-bond acceptors (Lipinski definition) is 5. The van der Waals surface area contributed by atoms with E-state index in [9.17, 15) is 9.59 Å². The number of fused-ring (bicyclic) bond motifs is 1. The first-order chi connectivity index (χ1) is 15.1. The highest BCUT2D eigenvalue weighted by Gasteiger charge is 2.30. The molecule has 2 heterocycles. The van der Waals surface area contributed by atoms with Crippen molar-refractivity contribution in [2.24, 2.45) is 0 Å². The molecule has 1 N–H and O–H groups in total. The number of hydrogen-bond donors (Lipinski definition) is 1. The maximum atomic E-state index is 12.3. The van der Waals surface area contributed by atoms with E-state index in [1.165, 1.54) is 11.8 Å². The summed E-state index contributed by atoms with van der Waals surface area (Å²) in [5.74, 6) is 0.747. The number of oxazole rings is 1. The molecule has 2 aromatic carbocycles. The van der Waals surface area contributed by atoms with Gasteiger partial charge in [0.2, 0.25) is 11.8 Å². The van der Waals surface area contributed by atoms with Crippen molar-refractivity contribution >= 4 is 11.8 Å². The van der Waals surface area contributed by atoms with E-state index in [4.69, 9.17) is 9.15 Å². The minimum absolute atomic E-state index is 0.0449. The summed E-state index contributed by atoms with van der Waals surface area (Å²) in [6, 6.07) is 15.8. The van der Waals surface area contributed by atoms with Crippen LogP contribution >= 0.6 is 0 Å². The van der Waals surface area contributed by atoms with Crippen LogP contribution in [-0.4, -0.2) is 34.8 Å². The quantitative estimate of drug-likeness (QED) is 0.661. The van der Waals surface area contributed by atoms with Gasteiger partial charge in [0.15, 0.2) is 12.3 Å². The summed E-state index contributed by atoms with van der Waals surface area (Å²) in [5.41, 5.74) is 3.55. The number of nitrogens with one attached hydrogen (secondary N) is 1. The molecule has 1 aliphatic rings. The van der Waals surface area contributed by atoms with Crippen molar-refractivity contribution < 1.29 is 18.7 Å². The lowest BCUT2D eigenvalue weighted by atomic mass is 9.88. The minimum atomic E-state index is -0.277. The lowest BCUT2D eigenvalue weighted by Gasteiger charge is -2.37. The Morgan fingerprint density at radius 1 is 1.23 bits per heavy atom. The van der Waals surface area contributed by atoms with Gasteiger partial charge in [-0.05, 0) is 42.2 Å². The highest BCUT2D eigenvalue weighted by molar-refractivity contribution is 5.91. The first kappa shape index (κ1) is 20.7. The van der Waals surface area contributed by atoms with E-state index in [1.54, 1.807) is 6.92 Å². The average Bonchev–Trinajstić information content (AvgIpc) is 3.26. The van der Waals surface area contributed by atoms with Crippen LogP contribution in [0.1, 0.15) is 53.0 Å².